The predicted molar refractivity (Wildman–Crippen MR) is 73.5 cm³/mol. The van der Waals surface area contributed by atoms with E-state index in [1.807, 2.05) is 13.2 Å². The number of rotatable bonds is 1. The quantitative estimate of drug-likeness (QED) is 0.789. The molecule has 18 heavy (non-hydrogen) atoms. The number of allylic oxidation sites excluding steroid dienone is 3. The van der Waals surface area contributed by atoms with E-state index in [1.165, 1.54) is 11.8 Å². The van der Waals surface area contributed by atoms with Crippen LogP contribution in [0, 0.1) is 22.7 Å². The second kappa shape index (κ2) is 4.47. The molecule has 2 rings (SSSR count). The summed E-state index contributed by atoms with van der Waals surface area (Å²) >= 11 is 1.54. The molecule has 0 aromatic rings. The van der Waals surface area contributed by atoms with Crippen LogP contribution in [-0.4, -0.2) is 12.0 Å². The number of nitrogens with zero attached hydrogens (tertiary/aromatic N) is 1. The summed E-state index contributed by atoms with van der Waals surface area (Å²) in [5.41, 5.74) is 2.54. The number of thioether (sulfide) groups is 1. The van der Waals surface area contributed by atoms with Crippen molar-refractivity contribution in [1.82, 2.24) is 5.32 Å². The van der Waals surface area contributed by atoms with Crippen molar-refractivity contribution in [3.05, 3.63) is 21.9 Å². The average Bonchev–Trinajstić information content (AvgIpc) is 2.25. The molecule has 0 saturated heterocycles. The van der Waals surface area contributed by atoms with Crippen LogP contribution in [0.2, 0.25) is 0 Å². The van der Waals surface area contributed by atoms with Gasteiger partial charge in [0.15, 0.2) is 5.78 Å². The molecule has 2 aliphatic rings. The zero-order valence-electron chi connectivity index (χ0n) is 11.3. The third kappa shape index (κ3) is 2.08. The van der Waals surface area contributed by atoms with Gasteiger partial charge < -0.3 is 5.32 Å². The van der Waals surface area contributed by atoms with Gasteiger partial charge in [-0.25, -0.2) is 0 Å². The minimum Gasteiger partial charge on any atom is -0.352 e. The molecule has 1 heterocycles. The topological polar surface area (TPSA) is 52.9 Å². The molecule has 1 atom stereocenters. The molecule has 1 aliphatic carbocycles. The highest BCUT2D eigenvalue weighted by Crippen LogP contribution is 2.43. The number of hydrogen-bond acceptors (Lipinski definition) is 4. The van der Waals surface area contributed by atoms with Gasteiger partial charge >= 0.3 is 0 Å². The number of nitrogens with one attached hydrogen (secondary N) is 1. The van der Waals surface area contributed by atoms with Crippen molar-refractivity contribution in [2.45, 2.75) is 33.6 Å². The fraction of sp³-hybridized carbons (Fsp3) is 0.571. The summed E-state index contributed by atoms with van der Waals surface area (Å²) in [5.74, 6) is 0.117. The number of nitriles is 1. The fourth-order valence-corrected chi connectivity index (χ4v) is 3.47. The highest BCUT2D eigenvalue weighted by Gasteiger charge is 2.39. The highest BCUT2D eigenvalue weighted by atomic mass is 32.2. The van der Waals surface area contributed by atoms with Crippen molar-refractivity contribution in [3.8, 4) is 6.07 Å². The first-order valence-corrected chi connectivity index (χ1v) is 7.33. The van der Waals surface area contributed by atoms with E-state index >= 15 is 0 Å². The van der Waals surface area contributed by atoms with E-state index in [0.717, 1.165) is 22.7 Å². The molecule has 96 valence electrons. The van der Waals surface area contributed by atoms with Gasteiger partial charge in [0.1, 0.15) is 0 Å². The molecule has 0 fully saturated rings. The maximum Gasteiger partial charge on any atom is 0.161 e. The van der Waals surface area contributed by atoms with Crippen molar-refractivity contribution in [2.75, 3.05) is 6.26 Å². The van der Waals surface area contributed by atoms with Crippen molar-refractivity contribution < 1.29 is 4.79 Å². The van der Waals surface area contributed by atoms with Crippen LogP contribution in [-0.2, 0) is 4.79 Å². The van der Waals surface area contributed by atoms with Gasteiger partial charge in [-0.1, -0.05) is 20.8 Å². The molecule has 0 unspecified atom stereocenters. The van der Waals surface area contributed by atoms with Gasteiger partial charge in [0, 0.05) is 23.6 Å². The van der Waals surface area contributed by atoms with Crippen molar-refractivity contribution in [3.63, 3.8) is 0 Å². The number of ketones is 1. The Bertz CT molecular complexity index is 508. The molecule has 3 nitrogen and oxygen atoms in total. The summed E-state index contributed by atoms with van der Waals surface area (Å²) in [7, 11) is 0. The Morgan fingerprint density at radius 1 is 1.44 bits per heavy atom. The van der Waals surface area contributed by atoms with Gasteiger partial charge in [-0.3, -0.25) is 4.79 Å². The number of hydrogen-bond donors (Lipinski definition) is 1. The third-order valence-corrected chi connectivity index (χ3v) is 4.35. The number of carbonyl (C=O) groups excluding carboxylic acids is 1. The van der Waals surface area contributed by atoms with Crippen LogP contribution in [0.3, 0.4) is 0 Å². The Labute approximate surface area is 112 Å². The van der Waals surface area contributed by atoms with E-state index in [4.69, 9.17) is 0 Å². The van der Waals surface area contributed by atoms with Crippen molar-refractivity contribution in [2.24, 2.45) is 11.3 Å². The number of dihydropyridines is 1. The van der Waals surface area contributed by atoms with Crippen molar-refractivity contribution >= 4 is 17.5 Å². The maximum absolute atomic E-state index is 12.3. The highest BCUT2D eigenvalue weighted by molar-refractivity contribution is 8.02. The van der Waals surface area contributed by atoms with E-state index in [1.54, 1.807) is 0 Å². The standard InChI is InChI=1S/C14H18N2OS/c1-8-9(7-15)13(18-4)16-10-5-14(2,3)6-11(17)12(8)10/h8,16H,5-6H2,1-4H3/t8-/m1/s1. The van der Waals surface area contributed by atoms with Gasteiger partial charge in [-0.15, -0.1) is 11.8 Å². The van der Waals surface area contributed by atoms with E-state index < -0.39 is 0 Å². The number of carbonyl (C=O) groups is 1. The van der Waals surface area contributed by atoms with Crippen LogP contribution in [0.4, 0.5) is 0 Å². The van der Waals surface area contributed by atoms with Crippen LogP contribution < -0.4 is 5.32 Å². The first-order valence-electron chi connectivity index (χ1n) is 6.11. The van der Waals surface area contributed by atoms with Crippen LogP contribution in [0.5, 0.6) is 0 Å². The monoisotopic (exact) mass is 262 g/mol. The Balaban J connectivity index is 2.46. The first kappa shape index (κ1) is 13.2. The lowest BCUT2D eigenvalue weighted by atomic mass is 9.71. The molecular formula is C14H18N2OS. The van der Waals surface area contributed by atoms with Gasteiger partial charge in [-0.2, -0.15) is 5.26 Å². The Morgan fingerprint density at radius 3 is 2.67 bits per heavy atom. The summed E-state index contributed by atoms with van der Waals surface area (Å²) in [6, 6.07) is 2.24. The molecule has 0 aromatic carbocycles. The average molecular weight is 262 g/mol. The molecule has 0 bridgehead atoms. The second-order valence-corrected chi connectivity index (χ2v) is 6.56. The van der Waals surface area contributed by atoms with E-state index in [-0.39, 0.29) is 17.1 Å². The SMILES string of the molecule is CSC1=C(C#N)[C@@H](C)C2=C(CC(C)(C)CC2=O)N1. The molecule has 4 heteroatoms. The van der Waals surface area contributed by atoms with Gasteiger partial charge in [0.05, 0.1) is 16.7 Å². The maximum atomic E-state index is 12.3. The molecule has 1 N–H and O–H groups in total. The molecule has 0 amide bonds. The first-order chi connectivity index (χ1) is 8.39. The van der Waals surface area contributed by atoms with E-state index in [9.17, 15) is 10.1 Å². The molecule has 1 aliphatic heterocycles. The smallest absolute Gasteiger partial charge is 0.161 e. The Kier molecular flexibility index (Phi) is 3.29. The Morgan fingerprint density at radius 2 is 2.11 bits per heavy atom. The summed E-state index contributed by atoms with van der Waals surface area (Å²) in [6.45, 7) is 6.19. The fourth-order valence-electron chi connectivity index (χ4n) is 2.80. The molecule has 0 spiro atoms. The predicted octanol–water partition coefficient (Wildman–Crippen LogP) is 2.97. The lowest BCUT2D eigenvalue weighted by Crippen LogP contribution is -2.36. The van der Waals surface area contributed by atoms with Crippen LogP contribution >= 0.6 is 11.8 Å². The van der Waals surface area contributed by atoms with Crippen LogP contribution in [0.25, 0.3) is 0 Å². The lowest BCUT2D eigenvalue weighted by Gasteiger charge is -2.37. The summed E-state index contributed by atoms with van der Waals surface area (Å²) in [4.78, 5) is 12.3. The normalized spacial score (nSPS) is 26.6. The largest absolute Gasteiger partial charge is 0.352 e. The van der Waals surface area contributed by atoms with E-state index in [0.29, 0.717) is 12.0 Å². The van der Waals surface area contributed by atoms with Crippen LogP contribution in [0.15, 0.2) is 21.9 Å². The zero-order valence-corrected chi connectivity index (χ0v) is 12.1. The molecule has 0 saturated carbocycles. The minimum absolute atomic E-state index is 0.0102. The number of Topliss-reactive ketones (excluding diaryl/α,β-unsaturated/α-hetero) is 1. The van der Waals surface area contributed by atoms with Crippen molar-refractivity contribution in [1.29, 1.82) is 5.26 Å². The molecule has 0 radical (unpaired) electrons. The minimum atomic E-state index is -0.0719. The van der Waals surface area contributed by atoms with E-state index in [2.05, 4.69) is 25.2 Å². The lowest BCUT2D eigenvalue weighted by molar-refractivity contribution is -0.118. The summed E-state index contributed by atoms with van der Waals surface area (Å²) < 4.78 is 0. The summed E-state index contributed by atoms with van der Waals surface area (Å²) in [5, 5.41) is 13.4. The molecular weight excluding hydrogens is 244 g/mol. The Hall–Kier alpha value is -1.21. The van der Waals surface area contributed by atoms with Gasteiger partial charge in [0.2, 0.25) is 0 Å². The zero-order chi connectivity index (χ0) is 13.5. The summed E-state index contributed by atoms with van der Waals surface area (Å²) in [6.07, 6.45) is 3.40. The van der Waals surface area contributed by atoms with Crippen LogP contribution in [0.1, 0.15) is 33.6 Å². The molecule has 0 aromatic heterocycles. The van der Waals surface area contributed by atoms with Gasteiger partial charge in [-0.05, 0) is 18.1 Å². The third-order valence-electron chi connectivity index (χ3n) is 3.62. The van der Waals surface area contributed by atoms with Gasteiger partial charge in [0.25, 0.3) is 0 Å². The second-order valence-electron chi connectivity index (χ2n) is 5.74.